The van der Waals surface area contributed by atoms with E-state index < -0.39 is 16.1 Å². The number of piperazine rings is 1. The summed E-state index contributed by atoms with van der Waals surface area (Å²) in [4.78, 5) is 2.13. The van der Waals surface area contributed by atoms with Gasteiger partial charge in [0.25, 0.3) is 0 Å². The monoisotopic (exact) mass is 251 g/mol. The highest BCUT2D eigenvalue weighted by Gasteiger charge is 2.15. The minimum atomic E-state index is -3.20. The smallest absolute Gasteiger partial charge is 0.211 e. The molecule has 7 heteroatoms. The first-order valence-corrected chi connectivity index (χ1v) is 7.27. The summed E-state index contributed by atoms with van der Waals surface area (Å²) in [6.45, 7) is 5.84. The molecular weight excluding hydrogens is 230 g/mol. The first-order valence-electron chi connectivity index (χ1n) is 5.62. The van der Waals surface area contributed by atoms with E-state index in [0.29, 0.717) is 6.54 Å². The van der Waals surface area contributed by atoms with Crippen molar-refractivity contribution in [1.82, 2.24) is 14.9 Å². The standard InChI is InChI=1S/C9H21N3O3S/c1-2-16(14,15)11-7-9(13)8-12-5-3-10-4-6-12/h9-11,13H,2-8H2,1H3. The van der Waals surface area contributed by atoms with E-state index in [4.69, 9.17) is 0 Å². The quantitative estimate of drug-likeness (QED) is 0.518. The predicted octanol–water partition coefficient (Wildman–Crippen LogP) is -1.81. The number of β-amino-alcohol motifs (C(OH)–C–C–N with tert-alkyl or cyclic N) is 1. The van der Waals surface area contributed by atoms with E-state index in [2.05, 4.69) is 14.9 Å². The molecule has 0 saturated carbocycles. The molecule has 3 N–H and O–H groups in total. The number of aliphatic hydroxyl groups is 1. The van der Waals surface area contributed by atoms with Crippen LogP contribution in [-0.4, -0.2) is 69.5 Å². The van der Waals surface area contributed by atoms with Crippen molar-refractivity contribution in [3.63, 3.8) is 0 Å². The summed E-state index contributed by atoms with van der Waals surface area (Å²) in [6, 6.07) is 0. The molecular formula is C9H21N3O3S. The summed E-state index contributed by atoms with van der Waals surface area (Å²) < 4.78 is 24.7. The number of nitrogens with one attached hydrogen (secondary N) is 2. The van der Waals surface area contributed by atoms with Crippen molar-refractivity contribution in [2.75, 3.05) is 45.0 Å². The lowest BCUT2D eigenvalue weighted by molar-refractivity contribution is 0.108. The van der Waals surface area contributed by atoms with Crippen molar-refractivity contribution in [2.45, 2.75) is 13.0 Å². The topological polar surface area (TPSA) is 81.7 Å². The van der Waals surface area contributed by atoms with E-state index in [1.807, 2.05) is 0 Å². The molecule has 0 aromatic carbocycles. The number of rotatable bonds is 6. The van der Waals surface area contributed by atoms with Crippen LogP contribution in [-0.2, 0) is 10.0 Å². The molecule has 1 rings (SSSR count). The Labute approximate surface area is 97.1 Å². The van der Waals surface area contributed by atoms with E-state index in [-0.39, 0.29) is 12.3 Å². The first kappa shape index (κ1) is 13.9. The van der Waals surface area contributed by atoms with Crippen LogP contribution in [0.15, 0.2) is 0 Å². The largest absolute Gasteiger partial charge is 0.390 e. The maximum absolute atomic E-state index is 11.2. The highest BCUT2D eigenvalue weighted by molar-refractivity contribution is 7.89. The highest BCUT2D eigenvalue weighted by Crippen LogP contribution is 1.95. The van der Waals surface area contributed by atoms with E-state index in [0.717, 1.165) is 26.2 Å². The zero-order chi connectivity index (χ0) is 12.0. The van der Waals surface area contributed by atoms with E-state index in [9.17, 15) is 13.5 Å². The minimum Gasteiger partial charge on any atom is -0.390 e. The molecule has 1 atom stereocenters. The molecule has 0 radical (unpaired) electrons. The lowest BCUT2D eigenvalue weighted by Crippen LogP contribution is -2.48. The van der Waals surface area contributed by atoms with Crippen LogP contribution in [0.5, 0.6) is 0 Å². The Morgan fingerprint density at radius 1 is 1.44 bits per heavy atom. The van der Waals surface area contributed by atoms with Gasteiger partial charge in [0.05, 0.1) is 11.9 Å². The number of hydrogen-bond acceptors (Lipinski definition) is 5. The zero-order valence-electron chi connectivity index (χ0n) is 9.65. The molecule has 1 aliphatic rings. The van der Waals surface area contributed by atoms with Gasteiger partial charge in [-0.15, -0.1) is 0 Å². The average Bonchev–Trinajstić information content (AvgIpc) is 2.28. The minimum absolute atomic E-state index is 0.0490. The van der Waals surface area contributed by atoms with Crippen molar-refractivity contribution >= 4 is 10.0 Å². The van der Waals surface area contributed by atoms with Crippen LogP contribution in [0, 0.1) is 0 Å². The predicted molar refractivity (Wildman–Crippen MR) is 62.8 cm³/mol. The number of aliphatic hydroxyl groups excluding tert-OH is 1. The molecule has 0 aliphatic carbocycles. The van der Waals surface area contributed by atoms with E-state index in [1.165, 1.54) is 0 Å². The second-order valence-corrected chi connectivity index (χ2v) is 6.05. The first-order chi connectivity index (χ1) is 7.53. The molecule has 1 saturated heterocycles. The molecule has 0 bridgehead atoms. The van der Waals surface area contributed by atoms with E-state index >= 15 is 0 Å². The van der Waals surface area contributed by atoms with Gasteiger partial charge in [-0.3, -0.25) is 4.90 Å². The lowest BCUT2D eigenvalue weighted by Gasteiger charge is -2.29. The van der Waals surface area contributed by atoms with Crippen molar-refractivity contribution in [1.29, 1.82) is 0 Å². The summed E-state index contributed by atoms with van der Waals surface area (Å²) in [5.41, 5.74) is 0. The summed E-state index contributed by atoms with van der Waals surface area (Å²) in [5.74, 6) is 0.0490. The fraction of sp³-hybridized carbons (Fsp3) is 1.00. The molecule has 1 unspecified atom stereocenters. The molecule has 0 spiro atoms. The van der Waals surface area contributed by atoms with Gasteiger partial charge in [0.2, 0.25) is 10.0 Å². The summed E-state index contributed by atoms with van der Waals surface area (Å²) >= 11 is 0. The second-order valence-electron chi connectivity index (χ2n) is 3.96. The third-order valence-electron chi connectivity index (χ3n) is 2.60. The normalized spacial score (nSPS) is 20.9. The molecule has 6 nitrogen and oxygen atoms in total. The Morgan fingerprint density at radius 3 is 2.62 bits per heavy atom. The van der Waals surface area contributed by atoms with Gasteiger partial charge in [-0.25, -0.2) is 13.1 Å². The number of hydrogen-bond donors (Lipinski definition) is 3. The SMILES string of the molecule is CCS(=O)(=O)NCC(O)CN1CCNCC1. The fourth-order valence-corrected chi connectivity index (χ4v) is 2.23. The van der Waals surface area contributed by atoms with Gasteiger partial charge in [-0.1, -0.05) is 0 Å². The second kappa shape index (κ2) is 6.51. The van der Waals surface area contributed by atoms with Crippen LogP contribution in [0.2, 0.25) is 0 Å². The molecule has 16 heavy (non-hydrogen) atoms. The summed E-state index contributed by atoms with van der Waals surface area (Å²) in [7, 11) is -3.20. The molecule has 96 valence electrons. The summed E-state index contributed by atoms with van der Waals surface area (Å²) in [6.07, 6.45) is -0.639. The van der Waals surface area contributed by atoms with Gasteiger partial charge >= 0.3 is 0 Å². The zero-order valence-corrected chi connectivity index (χ0v) is 10.5. The van der Waals surface area contributed by atoms with Gasteiger partial charge in [-0.2, -0.15) is 0 Å². The van der Waals surface area contributed by atoms with Crippen molar-refractivity contribution in [2.24, 2.45) is 0 Å². The van der Waals surface area contributed by atoms with Crippen molar-refractivity contribution < 1.29 is 13.5 Å². The molecule has 1 heterocycles. The Balaban J connectivity index is 2.22. The van der Waals surface area contributed by atoms with Gasteiger partial charge in [0.1, 0.15) is 0 Å². The fourth-order valence-electron chi connectivity index (χ4n) is 1.58. The highest BCUT2D eigenvalue weighted by atomic mass is 32.2. The average molecular weight is 251 g/mol. The molecule has 1 aliphatic heterocycles. The Morgan fingerprint density at radius 2 is 2.06 bits per heavy atom. The summed E-state index contributed by atoms with van der Waals surface area (Å²) in [5, 5.41) is 12.9. The molecule has 0 aromatic heterocycles. The van der Waals surface area contributed by atoms with Gasteiger partial charge < -0.3 is 10.4 Å². The third-order valence-corrected chi connectivity index (χ3v) is 3.96. The lowest BCUT2D eigenvalue weighted by atomic mass is 10.3. The van der Waals surface area contributed by atoms with Crippen LogP contribution in [0.3, 0.4) is 0 Å². The van der Waals surface area contributed by atoms with Gasteiger partial charge in [-0.05, 0) is 6.92 Å². The Bertz CT molecular complexity index is 288. The van der Waals surface area contributed by atoms with Crippen molar-refractivity contribution in [3.8, 4) is 0 Å². The third kappa shape index (κ3) is 5.22. The van der Waals surface area contributed by atoms with Crippen LogP contribution in [0.25, 0.3) is 0 Å². The molecule has 0 aromatic rings. The maximum Gasteiger partial charge on any atom is 0.211 e. The van der Waals surface area contributed by atoms with Gasteiger partial charge in [0.15, 0.2) is 0 Å². The van der Waals surface area contributed by atoms with Crippen LogP contribution in [0.4, 0.5) is 0 Å². The number of sulfonamides is 1. The van der Waals surface area contributed by atoms with Crippen LogP contribution in [0.1, 0.15) is 6.92 Å². The Kier molecular flexibility index (Phi) is 5.63. The van der Waals surface area contributed by atoms with Crippen LogP contribution >= 0.6 is 0 Å². The molecule has 1 fully saturated rings. The van der Waals surface area contributed by atoms with Crippen molar-refractivity contribution in [3.05, 3.63) is 0 Å². The number of nitrogens with zero attached hydrogens (tertiary/aromatic N) is 1. The van der Waals surface area contributed by atoms with Crippen LogP contribution < -0.4 is 10.0 Å². The maximum atomic E-state index is 11.2. The van der Waals surface area contributed by atoms with E-state index in [1.54, 1.807) is 6.92 Å². The van der Waals surface area contributed by atoms with Gasteiger partial charge in [0, 0.05) is 39.3 Å². The molecule has 0 amide bonds. The Hall–Kier alpha value is -0.210.